The Balaban J connectivity index is 2.12. The first-order chi connectivity index (χ1) is 8.53. The molecule has 1 heterocycles. The second-order valence-electron chi connectivity index (χ2n) is 5.28. The monoisotopic (exact) mass is 245 g/mol. The van der Waals surface area contributed by atoms with Gasteiger partial charge in [-0.1, -0.05) is 12.5 Å². The zero-order valence-electron chi connectivity index (χ0n) is 10.3. The van der Waals surface area contributed by atoms with E-state index in [1.54, 1.807) is 17.0 Å². The van der Waals surface area contributed by atoms with Crippen LogP contribution in [0.3, 0.4) is 0 Å². The fourth-order valence-electron chi connectivity index (χ4n) is 3.12. The molecule has 2 aliphatic rings. The summed E-state index contributed by atoms with van der Waals surface area (Å²) in [7, 11) is 0. The molecule has 1 aliphatic carbocycles. The van der Waals surface area contributed by atoms with Gasteiger partial charge in [0.25, 0.3) is 0 Å². The Morgan fingerprint density at radius 1 is 1.33 bits per heavy atom. The van der Waals surface area contributed by atoms with Crippen LogP contribution in [0.15, 0.2) is 18.2 Å². The van der Waals surface area contributed by atoms with Crippen molar-refractivity contribution in [3.63, 3.8) is 0 Å². The third kappa shape index (κ3) is 1.38. The predicted octanol–water partition coefficient (Wildman–Crippen LogP) is 2.17. The highest BCUT2D eigenvalue weighted by molar-refractivity contribution is 5.97. The maximum absolute atomic E-state index is 11.7. The van der Waals surface area contributed by atoms with E-state index in [1.165, 1.54) is 13.3 Å². The molecule has 0 unspecified atom stereocenters. The van der Waals surface area contributed by atoms with Crippen molar-refractivity contribution in [2.24, 2.45) is 0 Å². The molecular weight excluding hydrogens is 230 g/mol. The Morgan fingerprint density at radius 3 is 2.56 bits per heavy atom. The van der Waals surface area contributed by atoms with Crippen molar-refractivity contribution < 1.29 is 14.7 Å². The molecule has 0 saturated heterocycles. The molecule has 0 aromatic heterocycles. The number of benzene rings is 1. The van der Waals surface area contributed by atoms with Crippen LogP contribution in [0, 0.1) is 0 Å². The molecule has 1 aromatic carbocycles. The molecule has 1 N–H and O–H groups in total. The van der Waals surface area contributed by atoms with E-state index in [0.717, 1.165) is 24.1 Å². The van der Waals surface area contributed by atoms with Crippen LogP contribution in [-0.2, 0) is 10.2 Å². The van der Waals surface area contributed by atoms with E-state index in [0.29, 0.717) is 6.54 Å². The molecule has 18 heavy (non-hydrogen) atoms. The standard InChI is InChI=1S/C14H15NO3/c1-9(16)15-8-14(5-2-6-14)11-4-3-10(13(17)18)7-12(11)15/h3-4,7H,2,5-6,8H2,1H3,(H,17,18). The molecule has 1 spiro atoms. The van der Waals surface area contributed by atoms with Gasteiger partial charge in [0.2, 0.25) is 5.91 Å². The van der Waals surface area contributed by atoms with E-state index in [-0.39, 0.29) is 16.9 Å². The SMILES string of the molecule is CC(=O)N1CC2(CCC2)c2ccc(C(=O)O)cc21. The summed E-state index contributed by atoms with van der Waals surface area (Å²) in [5.41, 5.74) is 2.28. The second-order valence-corrected chi connectivity index (χ2v) is 5.28. The van der Waals surface area contributed by atoms with Crippen LogP contribution in [0.25, 0.3) is 0 Å². The summed E-state index contributed by atoms with van der Waals surface area (Å²) in [5.74, 6) is -0.960. The van der Waals surface area contributed by atoms with E-state index < -0.39 is 5.97 Å². The van der Waals surface area contributed by atoms with Crippen molar-refractivity contribution in [1.82, 2.24) is 0 Å². The van der Waals surface area contributed by atoms with E-state index in [1.807, 2.05) is 6.07 Å². The van der Waals surface area contributed by atoms with Gasteiger partial charge >= 0.3 is 5.97 Å². The van der Waals surface area contributed by atoms with Gasteiger partial charge in [-0.25, -0.2) is 4.79 Å². The largest absolute Gasteiger partial charge is 0.478 e. The van der Waals surface area contributed by atoms with E-state index in [4.69, 9.17) is 5.11 Å². The Bertz CT molecular complexity index is 546. The van der Waals surface area contributed by atoms with Gasteiger partial charge < -0.3 is 10.0 Å². The summed E-state index contributed by atoms with van der Waals surface area (Å²) < 4.78 is 0. The molecule has 4 heteroatoms. The number of carboxylic acid groups (broad SMARTS) is 1. The highest BCUT2D eigenvalue weighted by atomic mass is 16.4. The van der Waals surface area contributed by atoms with Gasteiger partial charge in [-0.3, -0.25) is 4.79 Å². The van der Waals surface area contributed by atoms with Crippen molar-refractivity contribution in [3.05, 3.63) is 29.3 Å². The van der Waals surface area contributed by atoms with Gasteiger partial charge in [-0.15, -0.1) is 0 Å². The highest BCUT2D eigenvalue weighted by Gasteiger charge is 2.47. The molecule has 1 amide bonds. The molecule has 1 aliphatic heterocycles. The summed E-state index contributed by atoms with van der Waals surface area (Å²) in [5, 5.41) is 9.04. The number of fused-ring (bicyclic) bond motifs is 2. The highest BCUT2D eigenvalue weighted by Crippen LogP contribution is 2.52. The maximum Gasteiger partial charge on any atom is 0.335 e. The number of carbonyl (C=O) groups is 2. The number of rotatable bonds is 1. The molecule has 1 aromatic rings. The summed E-state index contributed by atoms with van der Waals surface area (Å²) >= 11 is 0. The van der Waals surface area contributed by atoms with Crippen LogP contribution >= 0.6 is 0 Å². The van der Waals surface area contributed by atoms with Crippen molar-refractivity contribution in [2.45, 2.75) is 31.6 Å². The fraction of sp³-hybridized carbons (Fsp3) is 0.429. The quantitative estimate of drug-likeness (QED) is 0.825. The summed E-state index contributed by atoms with van der Waals surface area (Å²) in [6.07, 6.45) is 3.37. The fourth-order valence-corrected chi connectivity index (χ4v) is 3.12. The topological polar surface area (TPSA) is 57.6 Å². The molecule has 4 nitrogen and oxygen atoms in total. The lowest BCUT2D eigenvalue weighted by atomic mass is 9.66. The number of amides is 1. The number of carbonyl (C=O) groups excluding carboxylic acids is 1. The normalized spacial score (nSPS) is 19.5. The Morgan fingerprint density at radius 2 is 2.06 bits per heavy atom. The van der Waals surface area contributed by atoms with Gasteiger partial charge in [0.15, 0.2) is 0 Å². The number of anilines is 1. The molecule has 1 saturated carbocycles. The third-order valence-electron chi connectivity index (χ3n) is 4.26. The first-order valence-electron chi connectivity index (χ1n) is 6.19. The molecule has 94 valence electrons. The van der Waals surface area contributed by atoms with Crippen LogP contribution < -0.4 is 4.90 Å². The smallest absolute Gasteiger partial charge is 0.335 e. The minimum Gasteiger partial charge on any atom is -0.478 e. The first kappa shape index (κ1) is 11.3. The molecule has 0 bridgehead atoms. The van der Waals surface area contributed by atoms with Gasteiger partial charge in [0.1, 0.15) is 0 Å². The van der Waals surface area contributed by atoms with Crippen LogP contribution in [0.1, 0.15) is 42.1 Å². The number of aromatic carboxylic acids is 1. The van der Waals surface area contributed by atoms with E-state index in [9.17, 15) is 9.59 Å². The van der Waals surface area contributed by atoms with Gasteiger partial charge in [-0.2, -0.15) is 0 Å². The second kappa shape index (κ2) is 3.57. The third-order valence-corrected chi connectivity index (χ3v) is 4.26. The predicted molar refractivity (Wildman–Crippen MR) is 67.0 cm³/mol. The lowest BCUT2D eigenvalue weighted by Gasteiger charge is -2.38. The molecule has 1 fully saturated rings. The Hall–Kier alpha value is -1.84. The van der Waals surface area contributed by atoms with Gasteiger partial charge in [0.05, 0.1) is 5.56 Å². The van der Waals surface area contributed by atoms with Crippen LogP contribution in [0.2, 0.25) is 0 Å². The van der Waals surface area contributed by atoms with Gasteiger partial charge in [-0.05, 0) is 30.5 Å². The number of hydrogen-bond donors (Lipinski definition) is 1. The van der Waals surface area contributed by atoms with Crippen LogP contribution in [0.5, 0.6) is 0 Å². The average molecular weight is 245 g/mol. The molecule has 0 atom stereocenters. The van der Waals surface area contributed by atoms with E-state index in [2.05, 4.69) is 0 Å². The lowest BCUT2D eigenvalue weighted by Crippen LogP contribution is -2.40. The molecule has 3 rings (SSSR count). The lowest BCUT2D eigenvalue weighted by molar-refractivity contribution is -0.116. The van der Waals surface area contributed by atoms with Crippen LogP contribution in [0.4, 0.5) is 5.69 Å². The Labute approximate surface area is 105 Å². The van der Waals surface area contributed by atoms with E-state index >= 15 is 0 Å². The summed E-state index contributed by atoms with van der Waals surface area (Å²) in [6, 6.07) is 5.16. The zero-order chi connectivity index (χ0) is 12.9. The average Bonchev–Trinajstić information content (AvgIpc) is 2.62. The maximum atomic E-state index is 11.7. The summed E-state index contributed by atoms with van der Waals surface area (Å²) in [6.45, 7) is 2.25. The van der Waals surface area contributed by atoms with Crippen LogP contribution in [-0.4, -0.2) is 23.5 Å². The number of nitrogens with zero attached hydrogens (tertiary/aromatic N) is 1. The van der Waals surface area contributed by atoms with Crippen molar-refractivity contribution in [1.29, 1.82) is 0 Å². The minimum atomic E-state index is -0.948. The first-order valence-corrected chi connectivity index (χ1v) is 6.19. The number of hydrogen-bond acceptors (Lipinski definition) is 2. The molecular formula is C14H15NO3. The van der Waals surface area contributed by atoms with Gasteiger partial charge in [0, 0.05) is 24.6 Å². The van der Waals surface area contributed by atoms with Crippen molar-refractivity contribution in [3.8, 4) is 0 Å². The van der Waals surface area contributed by atoms with Crippen molar-refractivity contribution >= 4 is 17.6 Å². The minimum absolute atomic E-state index is 0.0115. The number of carboxylic acids is 1. The van der Waals surface area contributed by atoms with Crippen molar-refractivity contribution in [2.75, 3.05) is 11.4 Å². The summed E-state index contributed by atoms with van der Waals surface area (Å²) in [4.78, 5) is 24.4. The zero-order valence-corrected chi connectivity index (χ0v) is 10.3. The molecule has 0 radical (unpaired) electrons. The Kier molecular flexibility index (Phi) is 2.24.